The van der Waals surface area contributed by atoms with Crippen LogP contribution in [0.4, 0.5) is 0 Å². The zero-order valence-corrected chi connectivity index (χ0v) is 9.03. The molecule has 0 radical (unpaired) electrons. The zero-order valence-electron chi connectivity index (χ0n) is 8.21. The fraction of sp³-hybridized carbons (Fsp3) is 0.0909. The smallest absolute Gasteiger partial charge is 0.213 e. The van der Waals surface area contributed by atoms with Gasteiger partial charge in [0, 0.05) is 23.3 Å². The van der Waals surface area contributed by atoms with Crippen LogP contribution in [-0.2, 0) is 0 Å². The molecule has 0 unspecified atom stereocenters. The number of hydrogen-bond acceptors (Lipinski definition) is 3. The van der Waals surface area contributed by atoms with Gasteiger partial charge in [0.25, 0.3) is 0 Å². The van der Waals surface area contributed by atoms with Gasteiger partial charge >= 0.3 is 0 Å². The first-order valence-electron chi connectivity index (χ1n) is 4.71. The molecule has 1 aromatic carbocycles. The maximum Gasteiger partial charge on any atom is 0.213 e. The van der Waals surface area contributed by atoms with Gasteiger partial charge in [0.05, 0.1) is 5.69 Å². The van der Waals surface area contributed by atoms with Gasteiger partial charge in [-0.15, -0.1) is 0 Å². The number of fused-ring (bicyclic) bond motifs is 1. The van der Waals surface area contributed by atoms with Gasteiger partial charge in [-0.1, -0.05) is 30.3 Å². The summed E-state index contributed by atoms with van der Waals surface area (Å²) in [5.41, 5.74) is 2.15. The van der Waals surface area contributed by atoms with E-state index in [1.807, 2.05) is 35.7 Å². The SMILES string of the molecule is Cc1nsc2nc(-c3ccccc3)cn12. The molecule has 74 valence electrons. The number of aryl methyl sites for hydroxylation is 1. The summed E-state index contributed by atoms with van der Waals surface area (Å²) in [6, 6.07) is 10.2. The van der Waals surface area contributed by atoms with E-state index in [0.717, 1.165) is 22.0 Å². The summed E-state index contributed by atoms with van der Waals surface area (Å²) in [4.78, 5) is 5.47. The molecule has 3 rings (SSSR count). The van der Waals surface area contributed by atoms with Crippen molar-refractivity contribution in [1.82, 2.24) is 13.8 Å². The molecule has 0 atom stereocenters. The van der Waals surface area contributed by atoms with Crippen molar-refractivity contribution in [3.63, 3.8) is 0 Å². The van der Waals surface area contributed by atoms with Gasteiger partial charge in [0.1, 0.15) is 5.82 Å². The Morgan fingerprint density at radius 1 is 1.20 bits per heavy atom. The number of imidazole rings is 1. The molecule has 3 aromatic rings. The molecule has 0 amide bonds. The standard InChI is InChI=1S/C11H9N3S/c1-8-13-15-11-12-10(7-14(8)11)9-5-3-2-4-6-9/h2-7H,1H3. The van der Waals surface area contributed by atoms with E-state index in [1.165, 1.54) is 11.5 Å². The lowest BCUT2D eigenvalue weighted by atomic mass is 10.2. The van der Waals surface area contributed by atoms with Crippen molar-refractivity contribution in [3.8, 4) is 11.3 Å². The Morgan fingerprint density at radius 3 is 2.73 bits per heavy atom. The molecule has 0 bridgehead atoms. The summed E-state index contributed by atoms with van der Waals surface area (Å²) in [7, 11) is 0. The van der Waals surface area contributed by atoms with Crippen LogP contribution < -0.4 is 0 Å². The average Bonchev–Trinajstić information content (AvgIpc) is 2.83. The van der Waals surface area contributed by atoms with Crippen LogP contribution in [-0.4, -0.2) is 13.8 Å². The Hall–Kier alpha value is -1.68. The molecule has 2 aromatic heterocycles. The highest BCUT2D eigenvalue weighted by Gasteiger charge is 2.07. The third-order valence-electron chi connectivity index (χ3n) is 2.35. The quantitative estimate of drug-likeness (QED) is 0.624. The third kappa shape index (κ3) is 1.34. The summed E-state index contributed by atoms with van der Waals surface area (Å²) in [5, 5.41) is 0. The molecule has 0 N–H and O–H groups in total. The van der Waals surface area contributed by atoms with Crippen LogP contribution in [0.15, 0.2) is 36.5 Å². The van der Waals surface area contributed by atoms with Crippen LogP contribution in [0.25, 0.3) is 16.2 Å². The lowest BCUT2D eigenvalue weighted by molar-refractivity contribution is 1.07. The second-order valence-corrected chi connectivity index (χ2v) is 4.10. The highest BCUT2D eigenvalue weighted by atomic mass is 32.1. The van der Waals surface area contributed by atoms with Crippen molar-refractivity contribution >= 4 is 16.5 Å². The minimum atomic E-state index is 0.950. The van der Waals surface area contributed by atoms with Crippen LogP contribution in [0.3, 0.4) is 0 Å². The molecule has 4 heteroatoms. The van der Waals surface area contributed by atoms with E-state index in [-0.39, 0.29) is 0 Å². The van der Waals surface area contributed by atoms with E-state index in [4.69, 9.17) is 0 Å². The number of nitrogens with zero attached hydrogens (tertiary/aromatic N) is 3. The summed E-state index contributed by atoms with van der Waals surface area (Å²) >= 11 is 1.43. The average molecular weight is 215 g/mol. The first-order chi connectivity index (χ1) is 7.34. The fourth-order valence-corrected chi connectivity index (χ4v) is 2.27. The summed E-state index contributed by atoms with van der Waals surface area (Å²) < 4.78 is 6.25. The van der Waals surface area contributed by atoms with Gasteiger partial charge in [-0.25, -0.2) is 4.98 Å². The third-order valence-corrected chi connectivity index (χ3v) is 3.16. The normalized spacial score (nSPS) is 11.0. The Kier molecular flexibility index (Phi) is 1.82. The monoisotopic (exact) mass is 215 g/mol. The van der Waals surface area contributed by atoms with Crippen LogP contribution in [0.2, 0.25) is 0 Å². The number of hydrogen-bond donors (Lipinski definition) is 0. The summed E-state index contributed by atoms with van der Waals surface area (Å²) in [5.74, 6) is 0.990. The second kappa shape index (κ2) is 3.17. The molecule has 0 saturated carbocycles. The van der Waals surface area contributed by atoms with E-state index in [0.29, 0.717) is 0 Å². The first-order valence-corrected chi connectivity index (χ1v) is 5.49. The Bertz CT molecular complexity index is 595. The van der Waals surface area contributed by atoms with Gasteiger partial charge in [-0.05, 0) is 6.92 Å². The first kappa shape index (κ1) is 8.61. The van der Waals surface area contributed by atoms with Crippen LogP contribution in [0, 0.1) is 6.92 Å². The van der Waals surface area contributed by atoms with Crippen LogP contribution in [0.1, 0.15) is 5.82 Å². The van der Waals surface area contributed by atoms with E-state index < -0.39 is 0 Å². The molecular formula is C11H9N3S. The molecule has 0 aliphatic carbocycles. The number of aromatic nitrogens is 3. The molecule has 0 fully saturated rings. The second-order valence-electron chi connectivity index (χ2n) is 3.37. The van der Waals surface area contributed by atoms with E-state index in [2.05, 4.69) is 21.5 Å². The molecule has 3 nitrogen and oxygen atoms in total. The molecule has 15 heavy (non-hydrogen) atoms. The maximum atomic E-state index is 4.52. The lowest BCUT2D eigenvalue weighted by Gasteiger charge is -1.93. The van der Waals surface area contributed by atoms with Gasteiger partial charge in [-0.3, -0.25) is 4.40 Å². The fourth-order valence-electron chi connectivity index (χ4n) is 1.56. The Labute approximate surface area is 91.2 Å². The predicted octanol–water partition coefficient (Wildman–Crippen LogP) is 2.77. The number of rotatable bonds is 1. The van der Waals surface area contributed by atoms with Gasteiger partial charge in [-0.2, -0.15) is 4.37 Å². The highest BCUT2D eigenvalue weighted by molar-refractivity contribution is 7.11. The van der Waals surface area contributed by atoms with Crippen molar-refractivity contribution in [1.29, 1.82) is 0 Å². The van der Waals surface area contributed by atoms with E-state index >= 15 is 0 Å². The minimum absolute atomic E-state index is 0.950. The van der Waals surface area contributed by atoms with Crippen LogP contribution >= 0.6 is 11.5 Å². The van der Waals surface area contributed by atoms with E-state index in [9.17, 15) is 0 Å². The van der Waals surface area contributed by atoms with Crippen LogP contribution in [0.5, 0.6) is 0 Å². The highest BCUT2D eigenvalue weighted by Crippen LogP contribution is 2.21. The van der Waals surface area contributed by atoms with Gasteiger partial charge in [0.2, 0.25) is 4.96 Å². The van der Waals surface area contributed by atoms with Gasteiger partial charge in [0.15, 0.2) is 0 Å². The molecular weight excluding hydrogens is 206 g/mol. The van der Waals surface area contributed by atoms with Crippen molar-refractivity contribution in [2.45, 2.75) is 6.92 Å². The molecule has 0 aliphatic heterocycles. The molecule has 0 saturated heterocycles. The minimum Gasteiger partial charge on any atom is -0.277 e. The Morgan fingerprint density at radius 2 is 2.00 bits per heavy atom. The predicted molar refractivity (Wildman–Crippen MR) is 61.0 cm³/mol. The van der Waals surface area contributed by atoms with E-state index in [1.54, 1.807) is 0 Å². The maximum absolute atomic E-state index is 4.52. The van der Waals surface area contributed by atoms with Crippen molar-refractivity contribution in [2.75, 3.05) is 0 Å². The molecule has 2 heterocycles. The lowest BCUT2D eigenvalue weighted by Crippen LogP contribution is -1.81. The summed E-state index contributed by atoms with van der Waals surface area (Å²) in [6.07, 6.45) is 2.03. The van der Waals surface area contributed by atoms with Crippen molar-refractivity contribution in [2.24, 2.45) is 0 Å². The molecule has 0 spiro atoms. The Balaban J connectivity index is 2.20. The largest absolute Gasteiger partial charge is 0.277 e. The number of benzene rings is 1. The topological polar surface area (TPSA) is 30.2 Å². The van der Waals surface area contributed by atoms with Crippen molar-refractivity contribution < 1.29 is 0 Å². The molecule has 0 aliphatic rings. The summed E-state index contributed by atoms with van der Waals surface area (Å²) in [6.45, 7) is 1.99. The zero-order chi connectivity index (χ0) is 10.3. The van der Waals surface area contributed by atoms with Gasteiger partial charge < -0.3 is 0 Å². The van der Waals surface area contributed by atoms with Crippen molar-refractivity contribution in [3.05, 3.63) is 42.4 Å².